The highest BCUT2D eigenvalue weighted by Gasteiger charge is 2.29. The smallest absolute Gasteiger partial charge is 0.408 e. The molecule has 0 bridgehead atoms. The van der Waals surface area contributed by atoms with Gasteiger partial charge in [-0.25, -0.2) is 4.79 Å². The Balaban J connectivity index is 1.91. The van der Waals surface area contributed by atoms with Gasteiger partial charge in [-0.1, -0.05) is 48.5 Å². The molecule has 2 N–H and O–H groups in total. The number of hydrogen-bond donors (Lipinski definition) is 2. The number of anilines is 1. The highest BCUT2D eigenvalue weighted by molar-refractivity contribution is 6.14. The predicted molar refractivity (Wildman–Crippen MR) is 114 cm³/mol. The van der Waals surface area contributed by atoms with E-state index >= 15 is 0 Å². The van der Waals surface area contributed by atoms with Crippen molar-refractivity contribution in [1.82, 2.24) is 5.32 Å². The fourth-order valence-electron chi connectivity index (χ4n) is 3.20. The van der Waals surface area contributed by atoms with Gasteiger partial charge >= 0.3 is 6.09 Å². The number of carbonyl (C=O) groups is 2. The molecule has 2 aromatic rings. The highest BCUT2D eigenvalue weighted by Crippen LogP contribution is 2.23. The monoisotopic (exact) mass is 393 g/mol. The van der Waals surface area contributed by atoms with Gasteiger partial charge in [-0.2, -0.15) is 0 Å². The number of nitrogens with one attached hydrogen (secondary N) is 2. The van der Waals surface area contributed by atoms with E-state index in [2.05, 4.69) is 10.6 Å². The third-order valence-electron chi connectivity index (χ3n) is 4.47. The van der Waals surface area contributed by atoms with Crippen LogP contribution in [0.15, 0.2) is 59.6 Å². The third kappa shape index (κ3) is 5.44. The summed E-state index contributed by atoms with van der Waals surface area (Å²) in [7, 11) is 0. The summed E-state index contributed by atoms with van der Waals surface area (Å²) in [6.07, 6.45) is -0.0446. The van der Waals surface area contributed by atoms with Gasteiger partial charge in [-0.15, -0.1) is 0 Å². The van der Waals surface area contributed by atoms with E-state index in [9.17, 15) is 9.59 Å². The Bertz CT molecular complexity index is 916. The van der Waals surface area contributed by atoms with Crippen LogP contribution in [0, 0.1) is 0 Å². The first-order valence-electron chi connectivity index (χ1n) is 9.74. The van der Waals surface area contributed by atoms with E-state index in [0.717, 1.165) is 11.1 Å². The van der Waals surface area contributed by atoms with E-state index in [1.165, 1.54) is 0 Å². The Morgan fingerprint density at radius 2 is 1.79 bits per heavy atom. The first-order chi connectivity index (χ1) is 13.7. The molecule has 1 aliphatic rings. The maximum atomic E-state index is 12.8. The zero-order chi connectivity index (χ0) is 21.0. The van der Waals surface area contributed by atoms with Crippen molar-refractivity contribution in [1.29, 1.82) is 0 Å². The van der Waals surface area contributed by atoms with Crippen molar-refractivity contribution in [3.63, 3.8) is 0 Å². The summed E-state index contributed by atoms with van der Waals surface area (Å²) in [6.45, 7) is 7.28. The van der Waals surface area contributed by atoms with E-state index in [4.69, 9.17) is 9.73 Å². The van der Waals surface area contributed by atoms with Crippen LogP contribution >= 0.6 is 0 Å². The van der Waals surface area contributed by atoms with Crippen LogP contribution in [0.4, 0.5) is 10.5 Å². The summed E-state index contributed by atoms with van der Waals surface area (Å²) in [4.78, 5) is 29.9. The lowest BCUT2D eigenvalue weighted by atomic mass is 10.0. The van der Waals surface area contributed by atoms with Gasteiger partial charge in [0.2, 0.25) is 5.91 Å². The number of para-hydroxylation sites is 1. The van der Waals surface area contributed by atoms with Gasteiger partial charge in [0.1, 0.15) is 11.6 Å². The minimum absolute atomic E-state index is 0.166. The van der Waals surface area contributed by atoms with Crippen LogP contribution in [0.2, 0.25) is 0 Å². The standard InChI is InChI=1S/C23H27N3O3/c1-15(24-22(28)29-23(2,3)4)20-17-12-8-9-13-18(17)26-21(27)19(25-20)14-16-10-6-5-7-11-16/h5-13,15,19H,14H2,1-4H3,(H,24,28)(H,26,27)/t15-,19-/m0/s1. The molecule has 152 valence electrons. The maximum absolute atomic E-state index is 12.8. The summed E-state index contributed by atoms with van der Waals surface area (Å²) in [5, 5.41) is 5.81. The second kappa shape index (κ2) is 8.47. The molecular weight excluding hydrogens is 366 g/mol. The lowest BCUT2D eigenvalue weighted by Crippen LogP contribution is -2.42. The molecule has 0 saturated heterocycles. The van der Waals surface area contributed by atoms with Crippen molar-refractivity contribution in [2.24, 2.45) is 4.99 Å². The molecule has 0 aromatic heterocycles. The Morgan fingerprint density at radius 1 is 1.14 bits per heavy atom. The lowest BCUT2D eigenvalue weighted by molar-refractivity contribution is -0.117. The molecule has 0 saturated carbocycles. The van der Waals surface area contributed by atoms with Crippen molar-refractivity contribution in [2.75, 3.05) is 5.32 Å². The average molecular weight is 393 g/mol. The molecule has 0 unspecified atom stereocenters. The molecule has 1 aliphatic heterocycles. The zero-order valence-corrected chi connectivity index (χ0v) is 17.2. The van der Waals surface area contributed by atoms with Crippen LogP contribution in [0.1, 0.15) is 38.8 Å². The molecule has 6 heteroatoms. The number of carbonyl (C=O) groups excluding carboxylic acids is 2. The minimum atomic E-state index is -0.597. The van der Waals surface area contributed by atoms with Crippen LogP contribution in [0.5, 0.6) is 0 Å². The van der Waals surface area contributed by atoms with Crippen molar-refractivity contribution in [3.05, 3.63) is 65.7 Å². The normalized spacial score (nSPS) is 17.3. The number of amides is 2. The van der Waals surface area contributed by atoms with Crippen molar-refractivity contribution >= 4 is 23.4 Å². The van der Waals surface area contributed by atoms with Crippen LogP contribution in [0.25, 0.3) is 0 Å². The molecule has 3 rings (SSSR count). The Kier molecular flexibility index (Phi) is 6.01. The molecule has 2 atom stereocenters. The molecule has 0 radical (unpaired) electrons. The molecule has 6 nitrogen and oxygen atoms in total. The number of hydrogen-bond acceptors (Lipinski definition) is 4. The second-order valence-electron chi connectivity index (χ2n) is 8.12. The number of benzene rings is 2. The first kappa shape index (κ1) is 20.6. The molecule has 2 aromatic carbocycles. The summed E-state index contributed by atoms with van der Waals surface area (Å²) in [6, 6.07) is 16.2. The number of aliphatic imine (C=N–C) groups is 1. The third-order valence-corrected chi connectivity index (χ3v) is 4.47. The minimum Gasteiger partial charge on any atom is -0.444 e. The molecule has 0 aliphatic carbocycles. The first-order valence-corrected chi connectivity index (χ1v) is 9.74. The Morgan fingerprint density at radius 3 is 2.48 bits per heavy atom. The predicted octanol–water partition coefficient (Wildman–Crippen LogP) is 3.95. The summed E-state index contributed by atoms with van der Waals surface area (Å²) < 4.78 is 5.37. The molecule has 1 heterocycles. The Labute approximate surface area is 171 Å². The van der Waals surface area contributed by atoms with Gasteiger partial charge in [0.25, 0.3) is 0 Å². The lowest BCUT2D eigenvalue weighted by Gasteiger charge is -2.23. The fraction of sp³-hybridized carbons (Fsp3) is 0.348. The number of rotatable bonds is 4. The number of benzodiazepines with no additional fused rings is 1. The van der Waals surface area contributed by atoms with Gasteiger partial charge in [0.05, 0.1) is 11.8 Å². The van der Waals surface area contributed by atoms with Crippen LogP contribution in [-0.4, -0.2) is 35.4 Å². The SMILES string of the molecule is C[C@H](NC(=O)OC(C)(C)C)C1=N[C@@H](Cc2ccccc2)C(=O)Nc2ccccc21. The molecule has 29 heavy (non-hydrogen) atoms. The topological polar surface area (TPSA) is 79.8 Å². The zero-order valence-electron chi connectivity index (χ0n) is 17.2. The number of fused-ring (bicyclic) bond motifs is 1. The largest absolute Gasteiger partial charge is 0.444 e. The van der Waals surface area contributed by atoms with Gasteiger partial charge < -0.3 is 15.4 Å². The summed E-state index contributed by atoms with van der Waals surface area (Å²) in [5.41, 5.74) is 2.55. The van der Waals surface area contributed by atoms with E-state index in [1.807, 2.05) is 82.3 Å². The van der Waals surface area contributed by atoms with E-state index in [0.29, 0.717) is 17.8 Å². The highest BCUT2D eigenvalue weighted by atomic mass is 16.6. The average Bonchev–Trinajstić information content (AvgIpc) is 2.78. The number of alkyl carbamates (subject to hydrolysis) is 1. The molecule has 2 amide bonds. The molecular formula is C23H27N3O3. The summed E-state index contributed by atoms with van der Waals surface area (Å²) >= 11 is 0. The van der Waals surface area contributed by atoms with Crippen molar-refractivity contribution in [3.8, 4) is 0 Å². The quantitative estimate of drug-likeness (QED) is 0.825. The van der Waals surface area contributed by atoms with Gasteiger partial charge in [-0.05, 0) is 39.3 Å². The van der Waals surface area contributed by atoms with E-state index in [-0.39, 0.29) is 5.91 Å². The number of nitrogens with zero attached hydrogens (tertiary/aromatic N) is 1. The maximum Gasteiger partial charge on any atom is 0.408 e. The second-order valence-corrected chi connectivity index (χ2v) is 8.12. The summed E-state index contributed by atoms with van der Waals surface area (Å²) in [5.74, 6) is -0.166. The van der Waals surface area contributed by atoms with Gasteiger partial charge in [-0.3, -0.25) is 9.79 Å². The Hall–Kier alpha value is -3.15. The van der Waals surface area contributed by atoms with Gasteiger partial charge in [0.15, 0.2) is 0 Å². The van der Waals surface area contributed by atoms with Crippen LogP contribution in [0.3, 0.4) is 0 Å². The fourth-order valence-corrected chi connectivity index (χ4v) is 3.20. The van der Waals surface area contributed by atoms with Crippen molar-refractivity contribution in [2.45, 2.75) is 51.8 Å². The number of ether oxygens (including phenoxy) is 1. The van der Waals surface area contributed by atoms with Crippen molar-refractivity contribution < 1.29 is 14.3 Å². The van der Waals surface area contributed by atoms with E-state index < -0.39 is 23.8 Å². The molecule has 0 spiro atoms. The van der Waals surface area contributed by atoms with Crippen LogP contribution in [-0.2, 0) is 16.0 Å². The molecule has 0 fully saturated rings. The van der Waals surface area contributed by atoms with Gasteiger partial charge in [0, 0.05) is 17.7 Å². The van der Waals surface area contributed by atoms with Crippen LogP contribution < -0.4 is 10.6 Å². The van der Waals surface area contributed by atoms with E-state index in [1.54, 1.807) is 0 Å².